The minimum absolute atomic E-state index is 0.198. The Kier molecular flexibility index (Phi) is 2.62. The van der Waals surface area contributed by atoms with Crippen molar-refractivity contribution in [3.63, 3.8) is 0 Å². The van der Waals surface area contributed by atoms with E-state index in [4.69, 9.17) is 4.52 Å². The largest absolute Gasteiger partial charge is 0.347 e. The first-order chi connectivity index (χ1) is 10.7. The van der Waals surface area contributed by atoms with E-state index in [-0.39, 0.29) is 23.2 Å². The van der Waals surface area contributed by atoms with Gasteiger partial charge in [0.05, 0.1) is 5.56 Å². The van der Waals surface area contributed by atoms with E-state index in [1.54, 1.807) is 30.5 Å². The van der Waals surface area contributed by atoms with E-state index >= 15 is 0 Å². The highest BCUT2D eigenvalue weighted by Gasteiger charge is 2.15. The molecule has 3 heterocycles. The van der Waals surface area contributed by atoms with E-state index in [9.17, 15) is 9.18 Å². The molecule has 0 unspecified atom stereocenters. The van der Waals surface area contributed by atoms with Gasteiger partial charge in [-0.1, -0.05) is 17.3 Å². The summed E-state index contributed by atoms with van der Waals surface area (Å²) in [5, 5.41) is 10.1. The lowest BCUT2D eigenvalue weighted by Gasteiger charge is -1.96. The number of benzene rings is 1. The standard InChI is InChI=1S/C14H8FN5O2/c15-9-4-1-3-8(7-9)11-16-13(22-19-11)10-5-2-6-20-12(10)17-18-14(20)21/h1-7H,(H,18,21). The molecule has 0 amide bonds. The summed E-state index contributed by atoms with van der Waals surface area (Å²) in [5.74, 6) is 0.0723. The summed E-state index contributed by atoms with van der Waals surface area (Å²) in [6.45, 7) is 0. The second-order valence-electron chi connectivity index (χ2n) is 4.58. The number of pyridine rings is 1. The monoisotopic (exact) mass is 297 g/mol. The summed E-state index contributed by atoms with van der Waals surface area (Å²) in [5.41, 5.74) is 1.03. The fraction of sp³-hybridized carbons (Fsp3) is 0. The third-order valence-corrected chi connectivity index (χ3v) is 3.18. The van der Waals surface area contributed by atoms with E-state index in [0.717, 1.165) is 0 Å². The van der Waals surface area contributed by atoms with E-state index in [1.165, 1.54) is 16.5 Å². The van der Waals surface area contributed by atoms with Crippen LogP contribution in [0, 0.1) is 5.82 Å². The van der Waals surface area contributed by atoms with Crippen molar-refractivity contribution < 1.29 is 8.91 Å². The first-order valence-corrected chi connectivity index (χ1v) is 6.38. The van der Waals surface area contributed by atoms with Gasteiger partial charge in [-0.25, -0.2) is 18.7 Å². The molecule has 0 saturated carbocycles. The van der Waals surface area contributed by atoms with E-state index in [0.29, 0.717) is 16.8 Å². The zero-order chi connectivity index (χ0) is 15.1. The number of nitrogens with one attached hydrogen (secondary N) is 1. The van der Waals surface area contributed by atoms with E-state index in [1.807, 2.05) is 0 Å². The SMILES string of the molecule is O=c1[nH]nc2c(-c3nc(-c4cccc(F)c4)no3)cccn12. The summed E-state index contributed by atoms with van der Waals surface area (Å²) in [6.07, 6.45) is 1.58. The predicted molar refractivity (Wildman–Crippen MR) is 74.5 cm³/mol. The van der Waals surface area contributed by atoms with Gasteiger partial charge in [0.25, 0.3) is 5.89 Å². The molecule has 0 bridgehead atoms. The van der Waals surface area contributed by atoms with Crippen LogP contribution >= 0.6 is 0 Å². The number of aromatic amines is 1. The fourth-order valence-corrected chi connectivity index (χ4v) is 2.18. The predicted octanol–water partition coefficient (Wildman–Crippen LogP) is 1.88. The maximum Gasteiger partial charge on any atom is 0.347 e. The molecular formula is C14H8FN5O2. The topological polar surface area (TPSA) is 89.1 Å². The number of hydrogen-bond acceptors (Lipinski definition) is 5. The van der Waals surface area contributed by atoms with Crippen molar-refractivity contribution in [1.29, 1.82) is 0 Å². The molecule has 0 fully saturated rings. The molecule has 0 aliphatic rings. The van der Waals surface area contributed by atoms with Crippen LogP contribution in [-0.4, -0.2) is 24.7 Å². The summed E-state index contributed by atoms with van der Waals surface area (Å²) >= 11 is 0. The third-order valence-electron chi connectivity index (χ3n) is 3.18. The Morgan fingerprint density at radius 3 is 3.00 bits per heavy atom. The molecule has 0 aliphatic heterocycles. The fourth-order valence-electron chi connectivity index (χ4n) is 2.18. The van der Waals surface area contributed by atoms with Crippen LogP contribution in [0.2, 0.25) is 0 Å². The van der Waals surface area contributed by atoms with Crippen molar-refractivity contribution in [2.75, 3.05) is 0 Å². The summed E-state index contributed by atoms with van der Waals surface area (Å²) < 4.78 is 19.8. The number of halogens is 1. The van der Waals surface area contributed by atoms with Gasteiger partial charge in [0, 0.05) is 11.8 Å². The first kappa shape index (κ1) is 12.5. The zero-order valence-electron chi connectivity index (χ0n) is 11.0. The molecule has 108 valence electrons. The van der Waals surface area contributed by atoms with Gasteiger partial charge in [0.1, 0.15) is 5.82 Å². The second kappa shape index (κ2) is 4.62. The summed E-state index contributed by atoms with van der Waals surface area (Å²) in [4.78, 5) is 15.8. The van der Waals surface area contributed by atoms with Crippen molar-refractivity contribution in [2.24, 2.45) is 0 Å². The van der Waals surface area contributed by atoms with Gasteiger partial charge < -0.3 is 4.52 Å². The molecule has 7 nitrogen and oxygen atoms in total. The highest BCUT2D eigenvalue weighted by Crippen LogP contribution is 2.24. The number of fused-ring (bicyclic) bond motifs is 1. The summed E-state index contributed by atoms with van der Waals surface area (Å²) in [6, 6.07) is 9.27. The number of H-pyrrole nitrogens is 1. The Bertz CT molecular complexity index is 1030. The van der Waals surface area contributed by atoms with Crippen LogP contribution in [0.25, 0.3) is 28.5 Å². The molecule has 8 heteroatoms. The second-order valence-corrected chi connectivity index (χ2v) is 4.58. The molecule has 22 heavy (non-hydrogen) atoms. The molecular weight excluding hydrogens is 289 g/mol. The number of rotatable bonds is 2. The molecule has 0 spiro atoms. The molecule has 0 saturated heterocycles. The molecule has 3 aromatic heterocycles. The van der Waals surface area contributed by atoms with Crippen molar-refractivity contribution in [1.82, 2.24) is 24.7 Å². The zero-order valence-corrected chi connectivity index (χ0v) is 11.0. The molecule has 0 radical (unpaired) electrons. The van der Waals surface area contributed by atoms with Crippen LogP contribution in [0.1, 0.15) is 0 Å². The average molecular weight is 297 g/mol. The Hall–Kier alpha value is -3.29. The van der Waals surface area contributed by atoms with Gasteiger partial charge in [0.2, 0.25) is 5.82 Å². The van der Waals surface area contributed by atoms with Gasteiger partial charge in [-0.15, -0.1) is 0 Å². The average Bonchev–Trinajstić information content (AvgIpc) is 3.15. The lowest BCUT2D eigenvalue weighted by molar-refractivity contribution is 0.432. The first-order valence-electron chi connectivity index (χ1n) is 6.38. The molecule has 0 atom stereocenters. The quantitative estimate of drug-likeness (QED) is 0.610. The number of aromatic nitrogens is 5. The van der Waals surface area contributed by atoms with Crippen LogP contribution in [0.4, 0.5) is 4.39 Å². The highest BCUT2D eigenvalue weighted by molar-refractivity contribution is 5.72. The van der Waals surface area contributed by atoms with Gasteiger partial charge in [-0.2, -0.15) is 10.1 Å². The minimum atomic E-state index is -0.384. The molecule has 0 aliphatic carbocycles. The van der Waals surface area contributed by atoms with Crippen molar-refractivity contribution in [3.05, 3.63) is 58.9 Å². The van der Waals surface area contributed by atoms with Crippen LogP contribution in [-0.2, 0) is 0 Å². The normalized spacial score (nSPS) is 11.1. The van der Waals surface area contributed by atoms with Crippen LogP contribution in [0.5, 0.6) is 0 Å². The van der Waals surface area contributed by atoms with Gasteiger partial charge >= 0.3 is 5.69 Å². The molecule has 4 aromatic rings. The van der Waals surface area contributed by atoms with Crippen molar-refractivity contribution in [3.8, 4) is 22.8 Å². The third kappa shape index (κ3) is 1.89. The Morgan fingerprint density at radius 1 is 1.23 bits per heavy atom. The van der Waals surface area contributed by atoms with Gasteiger partial charge in [-0.3, -0.25) is 0 Å². The van der Waals surface area contributed by atoms with Crippen molar-refractivity contribution >= 4 is 5.65 Å². The lowest BCUT2D eigenvalue weighted by atomic mass is 10.2. The maximum atomic E-state index is 13.3. The van der Waals surface area contributed by atoms with Crippen LogP contribution < -0.4 is 5.69 Å². The molecule has 1 N–H and O–H groups in total. The van der Waals surface area contributed by atoms with E-state index < -0.39 is 0 Å². The van der Waals surface area contributed by atoms with Crippen molar-refractivity contribution in [2.45, 2.75) is 0 Å². The highest BCUT2D eigenvalue weighted by atomic mass is 19.1. The van der Waals surface area contributed by atoms with Crippen LogP contribution in [0.3, 0.4) is 0 Å². The Morgan fingerprint density at radius 2 is 2.14 bits per heavy atom. The molecule has 1 aromatic carbocycles. The summed E-state index contributed by atoms with van der Waals surface area (Å²) in [7, 11) is 0. The van der Waals surface area contributed by atoms with Crippen LogP contribution in [0.15, 0.2) is 51.9 Å². The van der Waals surface area contributed by atoms with Gasteiger partial charge in [-0.05, 0) is 24.3 Å². The lowest BCUT2D eigenvalue weighted by Crippen LogP contribution is -2.08. The number of nitrogens with zero attached hydrogens (tertiary/aromatic N) is 4. The maximum absolute atomic E-state index is 13.3. The Balaban J connectivity index is 1.85. The van der Waals surface area contributed by atoms with Gasteiger partial charge in [0.15, 0.2) is 5.65 Å². The smallest absolute Gasteiger partial charge is 0.333 e. The molecule has 4 rings (SSSR count). The minimum Gasteiger partial charge on any atom is -0.333 e. The Labute approximate surface area is 122 Å². The number of hydrogen-bond donors (Lipinski definition) is 1. The van der Waals surface area contributed by atoms with E-state index in [2.05, 4.69) is 20.3 Å².